The van der Waals surface area contributed by atoms with E-state index in [1.54, 1.807) is 0 Å². The van der Waals surface area contributed by atoms with Gasteiger partial charge in [-0.05, 0) is 37.0 Å². The van der Waals surface area contributed by atoms with Crippen LogP contribution in [-0.4, -0.2) is 38.0 Å². The van der Waals surface area contributed by atoms with E-state index < -0.39 is 0 Å². The van der Waals surface area contributed by atoms with Crippen molar-refractivity contribution in [2.45, 2.75) is 65.9 Å². The lowest BCUT2D eigenvalue weighted by molar-refractivity contribution is -0.911. The van der Waals surface area contributed by atoms with Gasteiger partial charge in [0, 0.05) is 0 Å². The Kier molecular flexibility index (Phi) is 6.82. The smallest absolute Gasteiger partial charge is 0.183 e. The summed E-state index contributed by atoms with van der Waals surface area (Å²) in [6, 6.07) is 0. The van der Waals surface area contributed by atoms with Crippen molar-refractivity contribution in [2.24, 2.45) is 17.8 Å². The number of hydrogen-bond acceptors (Lipinski definition) is 1. The maximum atomic E-state index is 6.36. The molecule has 0 heterocycles. The van der Waals surface area contributed by atoms with Crippen LogP contribution in [0.4, 0.5) is 0 Å². The molecule has 1 saturated carbocycles. The molecule has 0 aromatic heterocycles. The van der Waals surface area contributed by atoms with Gasteiger partial charge in [0.05, 0.1) is 26.7 Å². The molecule has 0 aromatic carbocycles. The van der Waals surface area contributed by atoms with Crippen LogP contribution >= 0.6 is 0 Å². The molecule has 0 bridgehead atoms. The monoisotopic (exact) mass is 270 g/mol. The summed E-state index contributed by atoms with van der Waals surface area (Å²) >= 11 is 0. The molecule has 1 aliphatic rings. The van der Waals surface area contributed by atoms with E-state index in [1.807, 2.05) is 0 Å². The predicted octanol–water partition coefficient (Wildman–Crippen LogP) is 4.30. The van der Waals surface area contributed by atoms with Crippen molar-refractivity contribution in [3.8, 4) is 0 Å². The van der Waals surface area contributed by atoms with E-state index in [-0.39, 0.29) is 0 Å². The van der Waals surface area contributed by atoms with Gasteiger partial charge in [-0.2, -0.15) is 0 Å². The zero-order valence-electron chi connectivity index (χ0n) is 14.1. The highest BCUT2D eigenvalue weighted by Crippen LogP contribution is 2.35. The van der Waals surface area contributed by atoms with Crippen molar-refractivity contribution in [3.63, 3.8) is 0 Å². The first-order valence-corrected chi connectivity index (χ1v) is 8.29. The molecular weight excluding hydrogens is 234 g/mol. The Morgan fingerprint density at radius 2 is 1.89 bits per heavy atom. The zero-order chi connectivity index (χ0) is 14.5. The first kappa shape index (κ1) is 17.0. The van der Waals surface area contributed by atoms with Crippen molar-refractivity contribution < 1.29 is 9.22 Å². The fraction of sp³-hybridized carbons (Fsp3) is 1.00. The molecule has 0 aromatic rings. The molecule has 19 heavy (non-hydrogen) atoms. The fourth-order valence-electron chi connectivity index (χ4n) is 3.25. The van der Waals surface area contributed by atoms with E-state index in [9.17, 15) is 0 Å². The van der Waals surface area contributed by atoms with Crippen molar-refractivity contribution in [2.75, 3.05) is 27.4 Å². The third-order valence-electron chi connectivity index (χ3n) is 4.72. The van der Waals surface area contributed by atoms with Crippen molar-refractivity contribution in [1.82, 2.24) is 0 Å². The number of rotatable bonds is 7. The number of hydrogen-bond donors (Lipinski definition) is 0. The Morgan fingerprint density at radius 3 is 2.47 bits per heavy atom. The molecule has 0 aliphatic heterocycles. The van der Waals surface area contributed by atoms with E-state index in [1.165, 1.54) is 38.6 Å². The molecule has 1 fully saturated rings. The molecule has 114 valence electrons. The summed E-state index contributed by atoms with van der Waals surface area (Å²) in [7, 11) is 4.60. The molecule has 0 amide bonds. The quantitative estimate of drug-likeness (QED) is 0.495. The minimum absolute atomic E-state index is 0.489. The maximum absolute atomic E-state index is 6.36. The molecule has 0 saturated heterocycles. The van der Waals surface area contributed by atoms with Crippen LogP contribution in [0.3, 0.4) is 0 Å². The van der Waals surface area contributed by atoms with Crippen LogP contribution in [0.5, 0.6) is 0 Å². The minimum Gasteiger partial charge on any atom is -0.328 e. The normalized spacial score (nSPS) is 28.9. The van der Waals surface area contributed by atoms with Crippen molar-refractivity contribution >= 4 is 0 Å². The summed E-state index contributed by atoms with van der Waals surface area (Å²) in [6.07, 6.45) is 7.06. The Morgan fingerprint density at radius 1 is 1.21 bits per heavy atom. The largest absolute Gasteiger partial charge is 0.328 e. The van der Waals surface area contributed by atoms with E-state index in [0.717, 1.165) is 29.0 Å². The van der Waals surface area contributed by atoms with Crippen LogP contribution in [0.15, 0.2) is 0 Å². The van der Waals surface area contributed by atoms with Crippen molar-refractivity contribution in [3.05, 3.63) is 0 Å². The van der Waals surface area contributed by atoms with E-state index in [0.29, 0.717) is 6.10 Å². The average Bonchev–Trinajstić information content (AvgIpc) is 2.34. The number of unbranched alkanes of at least 4 members (excludes halogenated alkanes) is 1. The lowest BCUT2D eigenvalue weighted by Crippen LogP contribution is -2.45. The second-order valence-corrected chi connectivity index (χ2v) is 7.67. The summed E-state index contributed by atoms with van der Waals surface area (Å²) < 4.78 is 7.36. The van der Waals surface area contributed by atoms with E-state index in [2.05, 4.69) is 41.8 Å². The third kappa shape index (κ3) is 5.83. The van der Waals surface area contributed by atoms with Gasteiger partial charge in [-0.15, -0.1) is 0 Å². The Balaban J connectivity index is 2.47. The van der Waals surface area contributed by atoms with Gasteiger partial charge >= 0.3 is 0 Å². The summed E-state index contributed by atoms with van der Waals surface area (Å²) in [5.41, 5.74) is 0. The van der Waals surface area contributed by atoms with Gasteiger partial charge in [0.25, 0.3) is 0 Å². The van der Waals surface area contributed by atoms with Gasteiger partial charge in [-0.1, -0.05) is 40.5 Å². The highest BCUT2D eigenvalue weighted by atomic mass is 16.5. The molecular formula is C17H36NO+. The minimum atomic E-state index is 0.489. The Labute approximate surface area is 121 Å². The van der Waals surface area contributed by atoms with Gasteiger partial charge in [0.15, 0.2) is 6.73 Å². The number of ether oxygens (including phenoxy) is 1. The topological polar surface area (TPSA) is 9.23 Å². The molecule has 2 heteroatoms. The standard InChI is InChI=1S/C17H36NO/c1-7-8-11-18(5,6)13-19-17-12-15(4)9-10-16(17)14(2)3/h14-17H,7-13H2,1-6H3/q+1/t15-,16+,17-/m1/s1. The van der Waals surface area contributed by atoms with Crippen LogP contribution in [0.25, 0.3) is 0 Å². The lowest BCUT2D eigenvalue weighted by atomic mass is 9.75. The van der Waals surface area contributed by atoms with E-state index in [4.69, 9.17) is 4.74 Å². The highest BCUT2D eigenvalue weighted by Gasteiger charge is 2.32. The Bertz CT molecular complexity index is 250. The van der Waals surface area contributed by atoms with Gasteiger partial charge < -0.3 is 9.22 Å². The zero-order valence-corrected chi connectivity index (χ0v) is 14.1. The van der Waals surface area contributed by atoms with Crippen LogP contribution < -0.4 is 0 Å². The summed E-state index contributed by atoms with van der Waals surface area (Å²) in [5, 5.41) is 0. The third-order valence-corrected chi connectivity index (χ3v) is 4.72. The van der Waals surface area contributed by atoms with E-state index >= 15 is 0 Å². The summed E-state index contributed by atoms with van der Waals surface area (Å²) in [5.74, 6) is 2.36. The summed E-state index contributed by atoms with van der Waals surface area (Å²) in [6.45, 7) is 11.5. The molecule has 0 N–H and O–H groups in total. The van der Waals surface area contributed by atoms with Crippen LogP contribution in [-0.2, 0) is 4.74 Å². The van der Waals surface area contributed by atoms with Gasteiger partial charge in [0.2, 0.25) is 0 Å². The van der Waals surface area contributed by atoms with Crippen LogP contribution in [0, 0.1) is 17.8 Å². The first-order valence-electron chi connectivity index (χ1n) is 8.29. The predicted molar refractivity (Wildman–Crippen MR) is 83.0 cm³/mol. The number of nitrogens with zero attached hydrogens (tertiary/aromatic N) is 1. The highest BCUT2D eigenvalue weighted by molar-refractivity contribution is 4.81. The fourth-order valence-corrected chi connectivity index (χ4v) is 3.25. The van der Waals surface area contributed by atoms with Crippen LogP contribution in [0.1, 0.15) is 59.8 Å². The molecule has 2 nitrogen and oxygen atoms in total. The molecule has 0 radical (unpaired) electrons. The molecule has 1 aliphatic carbocycles. The van der Waals surface area contributed by atoms with Gasteiger partial charge in [-0.3, -0.25) is 0 Å². The Hall–Kier alpha value is -0.0800. The average molecular weight is 270 g/mol. The van der Waals surface area contributed by atoms with Gasteiger partial charge in [0.1, 0.15) is 0 Å². The molecule has 3 atom stereocenters. The maximum Gasteiger partial charge on any atom is 0.183 e. The second kappa shape index (κ2) is 7.64. The first-order chi connectivity index (χ1) is 8.85. The molecule has 0 unspecified atom stereocenters. The van der Waals surface area contributed by atoms with Gasteiger partial charge in [-0.25, -0.2) is 0 Å². The molecule has 0 spiro atoms. The van der Waals surface area contributed by atoms with Crippen molar-refractivity contribution in [1.29, 1.82) is 0 Å². The second-order valence-electron chi connectivity index (χ2n) is 7.67. The SMILES string of the molecule is CCCC[N+](C)(C)CO[C@@H]1C[C@H](C)CC[C@H]1C(C)C. The summed E-state index contributed by atoms with van der Waals surface area (Å²) in [4.78, 5) is 0. The lowest BCUT2D eigenvalue weighted by Gasteiger charge is -2.39. The number of quaternary nitrogens is 1. The van der Waals surface area contributed by atoms with Crippen LogP contribution in [0.2, 0.25) is 0 Å². The molecule has 1 rings (SSSR count).